The van der Waals surface area contributed by atoms with E-state index in [1.807, 2.05) is 0 Å². The van der Waals surface area contributed by atoms with Crippen LogP contribution in [0.25, 0.3) is 0 Å². The summed E-state index contributed by atoms with van der Waals surface area (Å²) >= 11 is 0. The van der Waals surface area contributed by atoms with E-state index in [9.17, 15) is 26.0 Å². The third-order valence-electron chi connectivity index (χ3n) is 8.34. The van der Waals surface area contributed by atoms with Crippen molar-refractivity contribution in [2.24, 2.45) is 22.5 Å². The number of anilines is 1. The van der Waals surface area contributed by atoms with Crippen LogP contribution in [0.5, 0.6) is 0 Å². The summed E-state index contributed by atoms with van der Waals surface area (Å²) < 4.78 is 81.1. The van der Waals surface area contributed by atoms with Crippen LogP contribution in [0.2, 0.25) is 0 Å². The molecule has 2 bridgehead atoms. The van der Waals surface area contributed by atoms with Crippen molar-refractivity contribution in [1.29, 1.82) is 0 Å². The normalized spacial score (nSPS) is 33.1. The van der Waals surface area contributed by atoms with E-state index < -0.39 is 39.0 Å². The number of nitrogens with zero attached hydrogens (tertiary/aromatic N) is 3. The summed E-state index contributed by atoms with van der Waals surface area (Å²) in [5.41, 5.74) is 4.66. The first kappa shape index (κ1) is 23.7. The molecule has 0 radical (unpaired) electrons. The number of halogens is 4. The zero-order valence-corrected chi connectivity index (χ0v) is 19.3. The van der Waals surface area contributed by atoms with Crippen LogP contribution < -0.4 is 10.6 Å². The Bertz CT molecular complexity index is 1000. The lowest BCUT2D eigenvalue weighted by atomic mass is 9.69. The fourth-order valence-electron chi connectivity index (χ4n) is 6.20. The van der Waals surface area contributed by atoms with Gasteiger partial charge in [-0.25, -0.2) is 17.8 Å². The SMILES string of the molecule is C[C@H]1CN(S(=O)(=O)C[C@@]23CC[C@H](CC2N)C3(C)C)CCN1c1ncc(C(F)(F)F)cc1F. The van der Waals surface area contributed by atoms with E-state index >= 15 is 0 Å². The van der Waals surface area contributed by atoms with Crippen LogP contribution in [0, 0.1) is 22.6 Å². The highest BCUT2D eigenvalue weighted by Crippen LogP contribution is 2.65. The molecule has 0 aromatic carbocycles. The molecule has 0 spiro atoms. The molecule has 1 unspecified atom stereocenters. The molecule has 2 N–H and O–H groups in total. The molecule has 1 aliphatic heterocycles. The summed E-state index contributed by atoms with van der Waals surface area (Å²) in [6.07, 6.45) is -1.46. The van der Waals surface area contributed by atoms with Crippen LogP contribution >= 0.6 is 0 Å². The van der Waals surface area contributed by atoms with Crippen molar-refractivity contribution in [3.8, 4) is 0 Å². The predicted octanol–water partition coefficient (Wildman–Crippen LogP) is 3.23. The van der Waals surface area contributed by atoms with Crippen molar-refractivity contribution in [2.75, 3.05) is 30.3 Å². The molecule has 4 rings (SSSR count). The standard InChI is InChI=1S/C21H30F4N4O2S/c1-13-11-28(6-7-29(13)18-16(22)8-15(10-27-18)21(23,24)25)32(30,31)12-20-5-4-14(9-17(20)26)19(20,2)3/h8,10,13-14,17H,4-7,9,11-12,26H2,1-3H3/t13-,14+,17?,20-/m0/s1. The average Bonchev–Trinajstić information content (AvgIpc) is 3.01. The first-order chi connectivity index (χ1) is 14.7. The number of alkyl halides is 3. The third kappa shape index (κ3) is 3.60. The number of hydrogen-bond donors (Lipinski definition) is 1. The van der Waals surface area contributed by atoms with Gasteiger partial charge in [-0.15, -0.1) is 0 Å². The van der Waals surface area contributed by atoms with Crippen LogP contribution in [0.3, 0.4) is 0 Å². The van der Waals surface area contributed by atoms with E-state index in [-0.39, 0.29) is 42.7 Å². The molecule has 11 heteroatoms. The van der Waals surface area contributed by atoms with Gasteiger partial charge in [0, 0.05) is 43.3 Å². The number of aromatic nitrogens is 1. The van der Waals surface area contributed by atoms with Gasteiger partial charge < -0.3 is 10.6 Å². The quantitative estimate of drug-likeness (QED) is 0.673. The van der Waals surface area contributed by atoms with E-state index in [2.05, 4.69) is 18.8 Å². The molecule has 1 saturated heterocycles. The second kappa shape index (κ2) is 7.53. The van der Waals surface area contributed by atoms with Crippen molar-refractivity contribution in [2.45, 2.75) is 58.3 Å². The van der Waals surface area contributed by atoms with Gasteiger partial charge in [-0.3, -0.25) is 0 Å². The Kier molecular flexibility index (Phi) is 5.57. The van der Waals surface area contributed by atoms with Gasteiger partial charge >= 0.3 is 6.18 Å². The maximum Gasteiger partial charge on any atom is 0.417 e. The lowest BCUT2D eigenvalue weighted by molar-refractivity contribution is -0.138. The van der Waals surface area contributed by atoms with E-state index in [0.717, 1.165) is 19.3 Å². The summed E-state index contributed by atoms with van der Waals surface area (Å²) in [5.74, 6) is -0.849. The van der Waals surface area contributed by atoms with Crippen molar-refractivity contribution >= 4 is 15.8 Å². The number of pyridine rings is 1. The second-order valence-corrected chi connectivity index (χ2v) is 12.1. The monoisotopic (exact) mass is 478 g/mol. The minimum atomic E-state index is -4.68. The van der Waals surface area contributed by atoms with Gasteiger partial charge in [-0.05, 0) is 43.6 Å². The molecule has 2 aliphatic carbocycles. The maximum absolute atomic E-state index is 14.4. The molecule has 32 heavy (non-hydrogen) atoms. The van der Waals surface area contributed by atoms with Gasteiger partial charge in [0.2, 0.25) is 10.0 Å². The fraction of sp³-hybridized carbons (Fsp3) is 0.762. The van der Waals surface area contributed by atoms with E-state index in [0.29, 0.717) is 18.2 Å². The summed E-state index contributed by atoms with van der Waals surface area (Å²) in [7, 11) is -3.63. The molecule has 6 nitrogen and oxygen atoms in total. The Morgan fingerprint density at radius 1 is 1.28 bits per heavy atom. The molecular weight excluding hydrogens is 448 g/mol. The van der Waals surface area contributed by atoms with E-state index in [4.69, 9.17) is 5.73 Å². The highest BCUT2D eigenvalue weighted by molar-refractivity contribution is 7.89. The van der Waals surface area contributed by atoms with Gasteiger partial charge in [-0.1, -0.05) is 13.8 Å². The Labute approximate surface area is 186 Å². The largest absolute Gasteiger partial charge is 0.417 e. The first-order valence-electron chi connectivity index (χ1n) is 10.9. The lowest BCUT2D eigenvalue weighted by Gasteiger charge is -2.44. The number of fused-ring (bicyclic) bond motifs is 2. The Morgan fingerprint density at radius 2 is 1.97 bits per heavy atom. The highest BCUT2D eigenvalue weighted by atomic mass is 32.2. The maximum atomic E-state index is 14.4. The van der Waals surface area contributed by atoms with Crippen LogP contribution in [-0.2, 0) is 16.2 Å². The van der Waals surface area contributed by atoms with Crippen LogP contribution in [-0.4, -0.2) is 55.2 Å². The van der Waals surface area contributed by atoms with Gasteiger partial charge in [0.1, 0.15) is 0 Å². The van der Waals surface area contributed by atoms with Crippen molar-refractivity contribution < 1.29 is 26.0 Å². The van der Waals surface area contributed by atoms with Crippen molar-refractivity contribution in [3.05, 3.63) is 23.6 Å². The first-order valence-corrected chi connectivity index (χ1v) is 12.5. The number of hydrogen-bond acceptors (Lipinski definition) is 5. The lowest BCUT2D eigenvalue weighted by Crippen LogP contribution is -2.57. The zero-order valence-electron chi connectivity index (χ0n) is 18.5. The molecule has 1 aromatic rings. The molecule has 3 aliphatic rings. The summed E-state index contributed by atoms with van der Waals surface area (Å²) in [6.45, 7) is 6.32. The van der Waals surface area contributed by atoms with Gasteiger partial charge in [-0.2, -0.15) is 17.5 Å². The molecule has 0 amide bonds. The minimum Gasteiger partial charge on any atom is -0.349 e. The average molecular weight is 479 g/mol. The molecular formula is C21H30F4N4O2S. The second-order valence-electron chi connectivity index (χ2n) is 10.1. The summed E-state index contributed by atoms with van der Waals surface area (Å²) in [5, 5.41) is 0. The van der Waals surface area contributed by atoms with Crippen LogP contribution in [0.15, 0.2) is 12.3 Å². The fourth-order valence-corrected chi connectivity index (χ4v) is 8.57. The van der Waals surface area contributed by atoms with E-state index in [1.54, 1.807) is 6.92 Å². The number of rotatable bonds is 4. The van der Waals surface area contributed by atoms with Gasteiger partial charge in [0.15, 0.2) is 11.6 Å². The van der Waals surface area contributed by atoms with Gasteiger partial charge in [0.05, 0.1) is 11.3 Å². The molecule has 2 saturated carbocycles. The minimum absolute atomic E-state index is 0.00965. The van der Waals surface area contributed by atoms with Crippen LogP contribution in [0.1, 0.15) is 45.6 Å². The molecule has 3 fully saturated rings. The van der Waals surface area contributed by atoms with E-state index in [1.165, 1.54) is 9.21 Å². The Hall–Kier alpha value is -1.46. The Balaban J connectivity index is 1.50. The Morgan fingerprint density at radius 3 is 2.47 bits per heavy atom. The van der Waals surface area contributed by atoms with Crippen molar-refractivity contribution in [1.82, 2.24) is 9.29 Å². The predicted molar refractivity (Wildman–Crippen MR) is 113 cm³/mol. The molecule has 1 aromatic heterocycles. The van der Waals surface area contributed by atoms with Crippen LogP contribution in [0.4, 0.5) is 23.4 Å². The number of sulfonamides is 1. The number of piperazine rings is 1. The summed E-state index contributed by atoms with van der Waals surface area (Å²) in [6, 6.07) is -0.177. The molecule has 2 heterocycles. The molecule has 4 atom stereocenters. The van der Waals surface area contributed by atoms with Crippen molar-refractivity contribution in [3.63, 3.8) is 0 Å². The molecule has 180 valence electrons. The smallest absolute Gasteiger partial charge is 0.349 e. The zero-order chi connectivity index (χ0) is 23.7. The highest BCUT2D eigenvalue weighted by Gasteiger charge is 2.64. The topological polar surface area (TPSA) is 79.5 Å². The number of nitrogens with two attached hydrogens (primary N) is 1. The third-order valence-corrected chi connectivity index (χ3v) is 10.3. The van der Waals surface area contributed by atoms with Gasteiger partial charge in [0.25, 0.3) is 0 Å². The summed E-state index contributed by atoms with van der Waals surface area (Å²) in [4.78, 5) is 5.22.